The zero-order chi connectivity index (χ0) is 22.7. The minimum Gasteiger partial charge on any atom is -0.330 e. The first-order valence-corrected chi connectivity index (χ1v) is 10.1. The Morgan fingerprint density at radius 3 is 2.03 bits per heavy atom. The standard InChI is InChI=1S/C25H21F3N2O2/c1-17-12-14-18(15-13-17)16-21-29-22(19-8-4-2-5-9-19)23(20-10-6-3-7-11-20)30(21)32-24(31)25(26,27)28/h2-15,22-23H,16H2,1H3. The Hall–Kier alpha value is -3.61. The number of aryl methyl sites for hydroxylation is 1. The van der Waals surface area contributed by atoms with Crippen LogP contribution < -0.4 is 0 Å². The van der Waals surface area contributed by atoms with Gasteiger partial charge in [0, 0.05) is 6.42 Å². The highest BCUT2D eigenvalue weighted by Gasteiger charge is 2.47. The van der Waals surface area contributed by atoms with Gasteiger partial charge in [-0.1, -0.05) is 90.5 Å². The molecule has 7 heteroatoms. The quantitative estimate of drug-likeness (QED) is 0.509. The maximum Gasteiger partial charge on any atom is 0.493 e. The van der Waals surface area contributed by atoms with Gasteiger partial charge in [-0.25, -0.2) is 4.79 Å². The first-order valence-electron chi connectivity index (χ1n) is 10.1. The van der Waals surface area contributed by atoms with Gasteiger partial charge in [0.15, 0.2) is 0 Å². The van der Waals surface area contributed by atoms with Crippen LogP contribution in [-0.2, 0) is 16.1 Å². The average molecular weight is 438 g/mol. The van der Waals surface area contributed by atoms with Crippen LogP contribution in [0.5, 0.6) is 0 Å². The number of rotatable bonds is 5. The fraction of sp³-hybridized carbons (Fsp3) is 0.200. The van der Waals surface area contributed by atoms with E-state index < -0.39 is 24.2 Å². The number of hydroxylamine groups is 2. The van der Waals surface area contributed by atoms with E-state index in [2.05, 4.69) is 0 Å². The van der Waals surface area contributed by atoms with Gasteiger partial charge in [0.05, 0.1) is 0 Å². The number of carbonyl (C=O) groups excluding carboxylic acids is 1. The van der Waals surface area contributed by atoms with E-state index in [9.17, 15) is 18.0 Å². The highest BCUT2D eigenvalue weighted by Crippen LogP contribution is 2.43. The summed E-state index contributed by atoms with van der Waals surface area (Å²) in [5, 5.41) is 1.03. The molecule has 4 rings (SSSR count). The fourth-order valence-corrected chi connectivity index (χ4v) is 3.71. The zero-order valence-electron chi connectivity index (χ0n) is 17.3. The second-order valence-corrected chi connectivity index (χ2v) is 7.62. The van der Waals surface area contributed by atoms with Crippen molar-refractivity contribution in [2.45, 2.75) is 31.6 Å². The van der Waals surface area contributed by atoms with Gasteiger partial charge in [0.25, 0.3) is 0 Å². The lowest BCUT2D eigenvalue weighted by Gasteiger charge is -2.29. The summed E-state index contributed by atoms with van der Waals surface area (Å²) in [7, 11) is 0. The molecular formula is C25H21F3N2O2. The van der Waals surface area contributed by atoms with Gasteiger partial charge >= 0.3 is 12.1 Å². The monoisotopic (exact) mass is 438 g/mol. The van der Waals surface area contributed by atoms with Gasteiger partial charge < -0.3 is 4.84 Å². The summed E-state index contributed by atoms with van der Waals surface area (Å²) >= 11 is 0. The van der Waals surface area contributed by atoms with Crippen molar-refractivity contribution in [3.8, 4) is 0 Å². The number of halogens is 3. The lowest BCUT2D eigenvalue weighted by molar-refractivity contribution is -0.230. The van der Waals surface area contributed by atoms with Crippen LogP contribution in [0.3, 0.4) is 0 Å². The lowest BCUT2D eigenvalue weighted by Crippen LogP contribution is -2.39. The Morgan fingerprint density at radius 2 is 1.47 bits per heavy atom. The Morgan fingerprint density at radius 1 is 0.906 bits per heavy atom. The first-order chi connectivity index (χ1) is 15.3. The maximum absolute atomic E-state index is 13.1. The van der Waals surface area contributed by atoms with Crippen molar-refractivity contribution in [1.82, 2.24) is 5.06 Å². The number of alkyl halides is 3. The fourth-order valence-electron chi connectivity index (χ4n) is 3.71. The molecular weight excluding hydrogens is 417 g/mol. The van der Waals surface area contributed by atoms with Crippen LogP contribution >= 0.6 is 0 Å². The van der Waals surface area contributed by atoms with Gasteiger partial charge in [0.1, 0.15) is 17.9 Å². The minimum absolute atomic E-state index is 0.220. The summed E-state index contributed by atoms with van der Waals surface area (Å²) in [5.41, 5.74) is 3.42. The third-order valence-electron chi connectivity index (χ3n) is 5.27. The Balaban J connectivity index is 1.78. The number of hydrogen-bond acceptors (Lipinski definition) is 4. The van der Waals surface area contributed by atoms with Crippen molar-refractivity contribution < 1.29 is 22.8 Å². The van der Waals surface area contributed by atoms with E-state index in [-0.39, 0.29) is 12.3 Å². The molecule has 0 aliphatic carbocycles. The Labute approximate surface area is 183 Å². The van der Waals surface area contributed by atoms with E-state index in [1.807, 2.05) is 67.6 Å². The molecule has 0 saturated heterocycles. The highest BCUT2D eigenvalue weighted by atomic mass is 19.4. The first kappa shape index (κ1) is 21.6. The molecule has 0 radical (unpaired) electrons. The normalized spacial score (nSPS) is 18.4. The van der Waals surface area contributed by atoms with Crippen LogP contribution in [0.4, 0.5) is 13.2 Å². The molecule has 164 valence electrons. The number of hydrogen-bond donors (Lipinski definition) is 0. The second kappa shape index (κ2) is 8.86. The third-order valence-corrected chi connectivity index (χ3v) is 5.27. The van der Waals surface area contributed by atoms with Crippen molar-refractivity contribution in [2.75, 3.05) is 0 Å². The van der Waals surface area contributed by atoms with Crippen LogP contribution in [0.1, 0.15) is 34.3 Å². The van der Waals surface area contributed by atoms with Crippen LogP contribution in [0.15, 0.2) is 89.9 Å². The molecule has 0 bridgehead atoms. The van der Waals surface area contributed by atoms with Gasteiger partial charge in [-0.05, 0) is 23.6 Å². The second-order valence-electron chi connectivity index (χ2n) is 7.62. The molecule has 32 heavy (non-hydrogen) atoms. The van der Waals surface area contributed by atoms with E-state index in [1.54, 1.807) is 24.3 Å². The summed E-state index contributed by atoms with van der Waals surface area (Å²) in [6.45, 7) is 1.95. The number of benzene rings is 3. The molecule has 4 nitrogen and oxygen atoms in total. The Kier molecular flexibility index (Phi) is 5.99. The minimum atomic E-state index is -5.12. The van der Waals surface area contributed by atoms with Gasteiger partial charge in [-0.15, -0.1) is 0 Å². The molecule has 0 aromatic heterocycles. The van der Waals surface area contributed by atoms with Crippen LogP contribution in [-0.4, -0.2) is 23.0 Å². The molecule has 0 amide bonds. The van der Waals surface area contributed by atoms with Crippen molar-refractivity contribution >= 4 is 11.8 Å². The molecule has 0 spiro atoms. The molecule has 0 fully saturated rings. The number of nitrogens with zero attached hydrogens (tertiary/aromatic N) is 2. The van der Waals surface area contributed by atoms with Crippen LogP contribution in [0.25, 0.3) is 0 Å². The number of aliphatic imine (C=N–C) groups is 1. The molecule has 0 N–H and O–H groups in total. The Bertz CT molecular complexity index is 1100. The summed E-state index contributed by atoms with van der Waals surface area (Å²) in [4.78, 5) is 21.5. The molecule has 1 aliphatic rings. The molecule has 3 aromatic rings. The maximum atomic E-state index is 13.1. The summed E-state index contributed by atoms with van der Waals surface area (Å²) in [6, 6.07) is 24.6. The third kappa shape index (κ3) is 4.66. The molecule has 2 unspecified atom stereocenters. The van der Waals surface area contributed by atoms with Gasteiger partial charge in [-0.3, -0.25) is 4.99 Å². The molecule has 1 heterocycles. The zero-order valence-corrected chi connectivity index (χ0v) is 17.3. The smallest absolute Gasteiger partial charge is 0.330 e. The molecule has 2 atom stereocenters. The van der Waals surface area contributed by atoms with Crippen molar-refractivity contribution in [3.63, 3.8) is 0 Å². The van der Waals surface area contributed by atoms with Gasteiger partial charge in [0.2, 0.25) is 0 Å². The predicted octanol–water partition coefficient (Wildman–Crippen LogP) is 5.75. The van der Waals surface area contributed by atoms with E-state index in [4.69, 9.17) is 9.83 Å². The summed E-state index contributed by atoms with van der Waals surface area (Å²) in [6.07, 6.45) is -4.90. The van der Waals surface area contributed by atoms with Crippen molar-refractivity contribution in [2.24, 2.45) is 4.99 Å². The van der Waals surface area contributed by atoms with Crippen LogP contribution in [0, 0.1) is 6.92 Å². The molecule has 3 aromatic carbocycles. The highest BCUT2D eigenvalue weighted by molar-refractivity contribution is 5.88. The molecule has 0 saturated carbocycles. The molecule has 1 aliphatic heterocycles. The van der Waals surface area contributed by atoms with Crippen LogP contribution in [0.2, 0.25) is 0 Å². The lowest BCUT2D eigenvalue weighted by atomic mass is 9.94. The number of amidine groups is 1. The summed E-state index contributed by atoms with van der Waals surface area (Å²) < 4.78 is 39.3. The van der Waals surface area contributed by atoms with E-state index in [0.717, 1.165) is 21.8 Å². The van der Waals surface area contributed by atoms with Gasteiger partial charge in [-0.2, -0.15) is 18.2 Å². The van der Waals surface area contributed by atoms with E-state index in [1.165, 1.54) is 0 Å². The van der Waals surface area contributed by atoms with Crippen molar-refractivity contribution in [3.05, 3.63) is 107 Å². The van der Waals surface area contributed by atoms with Crippen molar-refractivity contribution in [1.29, 1.82) is 0 Å². The van der Waals surface area contributed by atoms with E-state index in [0.29, 0.717) is 5.56 Å². The average Bonchev–Trinajstić information content (AvgIpc) is 3.13. The largest absolute Gasteiger partial charge is 0.493 e. The SMILES string of the molecule is Cc1ccc(CC2=NC(c3ccccc3)C(c3ccccc3)N2OC(=O)C(F)(F)F)cc1. The predicted molar refractivity (Wildman–Crippen MR) is 115 cm³/mol. The number of carbonyl (C=O) groups is 1. The summed E-state index contributed by atoms with van der Waals surface area (Å²) in [5.74, 6) is -2.02. The van der Waals surface area contributed by atoms with E-state index >= 15 is 0 Å². The topological polar surface area (TPSA) is 41.9 Å².